The number of carbonyl (C=O) groups excluding carboxylic acids is 1. The fourth-order valence-corrected chi connectivity index (χ4v) is 2.17. The Labute approximate surface area is 133 Å². The number of hydrogen-bond acceptors (Lipinski definition) is 3. The second-order valence-corrected chi connectivity index (χ2v) is 5.07. The maximum atomic E-state index is 11.8. The summed E-state index contributed by atoms with van der Waals surface area (Å²) in [5.41, 5.74) is 1.99. The molecule has 0 radical (unpaired) electrons. The van der Waals surface area contributed by atoms with Crippen LogP contribution in [0.4, 0.5) is 0 Å². The van der Waals surface area contributed by atoms with Gasteiger partial charge in [0.25, 0.3) is 0 Å². The molecule has 4 heteroatoms. The number of cyclic esters (lactones) is 1. The van der Waals surface area contributed by atoms with Gasteiger partial charge in [-0.05, 0) is 29.8 Å². The van der Waals surface area contributed by atoms with Crippen LogP contribution in [0.2, 0.25) is 5.02 Å². The molecule has 1 heterocycles. The molecule has 0 unspecified atom stereocenters. The zero-order chi connectivity index (χ0) is 15.4. The van der Waals surface area contributed by atoms with Crippen LogP contribution in [0.3, 0.4) is 0 Å². The molecule has 0 aliphatic carbocycles. The van der Waals surface area contributed by atoms with E-state index in [4.69, 9.17) is 16.3 Å². The molecule has 0 N–H and O–H groups in total. The second-order valence-electron chi connectivity index (χ2n) is 4.64. The van der Waals surface area contributed by atoms with Gasteiger partial charge < -0.3 is 4.74 Å². The van der Waals surface area contributed by atoms with Gasteiger partial charge in [-0.3, -0.25) is 0 Å². The van der Waals surface area contributed by atoms with Crippen LogP contribution >= 0.6 is 11.6 Å². The van der Waals surface area contributed by atoms with E-state index in [0.29, 0.717) is 10.6 Å². The van der Waals surface area contributed by atoms with E-state index in [-0.39, 0.29) is 11.6 Å². The smallest absolute Gasteiger partial charge is 0.363 e. The zero-order valence-electron chi connectivity index (χ0n) is 11.6. The normalized spacial score (nSPS) is 16.1. The summed E-state index contributed by atoms with van der Waals surface area (Å²) in [6.07, 6.45) is 5.30. The molecular formula is C18H12ClNO2. The van der Waals surface area contributed by atoms with Gasteiger partial charge in [0.2, 0.25) is 5.90 Å². The van der Waals surface area contributed by atoms with Crippen molar-refractivity contribution in [3.63, 3.8) is 0 Å². The molecule has 2 aromatic carbocycles. The number of nitrogens with zero attached hydrogens (tertiary/aromatic N) is 1. The predicted molar refractivity (Wildman–Crippen MR) is 87.6 cm³/mol. The Morgan fingerprint density at radius 1 is 1.05 bits per heavy atom. The average molecular weight is 310 g/mol. The van der Waals surface area contributed by atoms with E-state index in [1.54, 1.807) is 36.4 Å². The highest BCUT2D eigenvalue weighted by Gasteiger charge is 2.23. The second kappa shape index (κ2) is 6.41. The maximum Gasteiger partial charge on any atom is 0.363 e. The fraction of sp³-hybridized carbons (Fsp3) is 0. The minimum atomic E-state index is -0.465. The first-order valence-electron chi connectivity index (χ1n) is 6.72. The molecule has 0 spiro atoms. The Hall–Kier alpha value is -2.65. The van der Waals surface area contributed by atoms with E-state index in [1.165, 1.54) is 0 Å². The molecule has 3 rings (SSSR count). The van der Waals surface area contributed by atoms with Crippen molar-refractivity contribution in [2.45, 2.75) is 0 Å². The number of rotatable bonds is 3. The van der Waals surface area contributed by atoms with Gasteiger partial charge in [0.1, 0.15) is 0 Å². The molecule has 1 aliphatic rings. The number of halogens is 1. The lowest BCUT2D eigenvalue weighted by Gasteiger charge is -1.98. The van der Waals surface area contributed by atoms with Crippen molar-refractivity contribution in [2.24, 2.45) is 4.99 Å². The van der Waals surface area contributed by atoms with Gasteiger partial charge in [0.05, 0.1) is 0 Å². The molecule has 0 atom stereocenters. The Balaban J connectivity index is 1.81. The summed E-state index contributed by atoms with van der Waals surface area (Å²) in [6.45, 7) is 0. The average Bonchev–Trinajstić information content (AvgIpc) is 2.90. The first-order valence-corrected chi connectivity index (χ1v) is 7.10. The van der Waals surface area contributed by atoms with Crippen LogP contribution in [-0.4, -0.2) is 11.9 Å². The predicted octanol–water partition coefficient (Wildman–Crippen LogP) is 4.24. The van der Waals surface area contributed by atoms with Crippen LogP contribution in [0.5, 0.6) is 0 Å². The Morgan fingerprint density at radius 2 is 1.86 bits per heavy atom. The van der Waals surface area contributed by atoms with Gasteiger partial charge in [-0.15, -0.1) is 0 Å². The Kier molecular flexibility index (Phi) is 4.17. The maximum absolute atomic E-state index is 11.8. The zero-order valence-corrected chi connectivity index (χ0v) is 12.3. The minimum absolute atomic E-state index is 0.266. The van der Waals surface area contributed by atoms with Crippen LogP contribution in [0.25, 0.3) is 6.08 Å². The van der Waals surface area contributed by atoms with Crippen molar-refractivity contribution in [3.05, 3.63) is 88.6 Å². The third-order valence-corrected chi connectivity index (χ3v) is 3.27. The summed E-state index contributed by atoms with van der Waals surface area (Å²) in [4.78, 5) is 16.0. The van der Waals surface area contributed by atoms with E-state index < -0.39 is 5.97 Å². The summed E-state index contributed by atoms with van der Waals surface area (Å²) in [6, 6.07) is 16.8. The van der Waals surface area contributed by atoms with E-state index in [1.807, 2.05) is 36.4 Å². The van der Waals surface area contributed by atoms with Crippen molar-refractivity contribution in [2.75, 3.05) is 0 Å². The molecule has 1 aliphatic heterocycles. The highest BCUT2D eigenvalue weighted by atomic mass is 35.5. The first-order chi connectivity index (χ1) is 10.7. The van der Waals surface area contributed by atoms with Gasteiger partial charge >= 0.3 is 5.97 Å². The number of hydrogen-bond donors (Lipinski definition) is 0. The third kappa shape index (κ3) is 3.32. The molecule has 0 amide bonds. The topological polar surface area (TPSA) is 38.7 Å². The molecule has 108 valence electrons. The minimum Gasteiger partial charge on any atom is -0.402 e. The molecule has 3 nitrogen and oxygen atoms in total. The summed E-state index contributed by atoms with van der Waals surface area (Å²) in [5, 5.41) is 0.567. The molecule has 0 bridgehead atoms. The number of carbonyl (C=O) groups is 1. The summed E-state index contributed by atoms with van der Waals surface area (Å²) >= 11 is 5.93. The number of benzene rings is 2. The largest absolute Gasteiger partial charge is 0.402 e. The molecule has 0 fully saturated rings. The lowest BCUT2D eigenvalue weighted by molar-refractivity contribution is -0.130. The Bertz CT molecular complexity index is 792. The van der Waals surface area contributed by atoms with Gasteiger partial charge in [-0.25, -0.2) is 9.79 Å². The number of aliphatic imine (C=N–C) groups is 1. The number of ether oxygens (including phenoxy) is 1. The van der Waals surface area contributed by atoms with Crippen molar-refractivity contribution in [1.82, 2.24) is 0 Å². The molecule has 0 aromatic heterocycles. The molecule has 22 heavy (non-hydrogen) atoms. The van der Waals surface area contributed by atoms with E-state index >= 15 is 0 Å². The lowest BCUT2D eigenvalue weighted by Crippen LogP contribution is -2.05. The van der Waals surface area contributed by atoms with Crippen molar-refractivity contribution in [3.8, 4) is 0 Å². The fourth-order valence-electron chi connectivity index (χ4n) is 1.98. The van der Waals surface area contributed by atoms with E-state index in [9.17, 15) is 4.79 Å². The highest BCUT2D eigenvalue weighted by Crippen LogP contribution is 2.19. The van der Waals surface area contributed by atoms with Gasteiger partial charge in [-0.2, -0.15) is 0 Å². The number of allylic oxidation sites excluding steroid dienone is 2. The SMILES string of the molecule is O=C1OC(c2cccc(Cl)c2)=N/C1=C\C=C/c1ccccc1. The van der Waals surface area contributed by atoms with Crippen LogP contribution < -0.4 is 0 Å². The van der Waals surface area contributed by atoms with Crippen molar-refractivity contribution in [1.29, 1.82) is 0 Å². The van der Waals surface area contributed by atoms with Crippen LogP contribution in [-0.2, 0) is 9.53 Å². The lowest BCUT2D eigenvalue weighted by atomic mass is 10.2. The standard InChI is InChI=1S/C18H12ClNO2/c19-15-10-5-9-14(12-15)17-20-16(18(21)22-17)11-4-8-13-6-2-1-3-7-13/h1-12H/b8-4-,16-11-. The van der Waals surface area contributed by atoms with Gasteiger partial charge in [-0.1, -0.05) is 60.2 Å². The van der Waals surface area contributed by atoms with Gasteiger partial charge in [0, 0.05) is 10.6 Å². The van der Waals surface area contributed by atoms with E-state index in [2.05, 4.69) is 4.99 Å². The molecule has 0 saturated heterocycles. The monoisotopic (exact) mass is 309 g/mol. The summed E-state index contributed by atoms with van der Waals surface area (Å²) < 4.78 is 5.17. The molecular weight excluding hydrogens is 298 g/mol. The van der Waals surface area contributed by atoms with Crippen LogP contribution in [0, 0.1) is 0 Å². The van der Waals surface area contributed by atoms with Gasteiger partial charge in [0.15, 0.2) is 5.70 Å². The van der Waals surface area contributed by atoms with Crippen molar-refractivity contribution < 1.29 is 9.53 Å². The third-order valence-electron chi connectivity index (χ3n) is 3.03. The summed E-state index contributed by atoms with van der Waals surface area (Å²) in [7, 11) is 0. The van der Waals surface area contributed by atoms with Crippen LogP contribution in [0.15, 0.2) is 77.4 Å². The quantitative estimate of drug-likeness (QED) is 0.628. The first kappa shape index (κ1) is 14.3. The highest BCUT2D eigenvalue weighted by molar-refractivity contribution is 6.31. The van der Waals surface area contributed by atoms with E-state index in [0.717, 1.165) is 5.56 Å². The number of esters is 1. The Morgan fingerprint density at radius 3 is 2.64 bits per heavy atom. The van der Waals surface area contributed by atoms with Crippen LogP contribution in [0.1, 0.15) is 11.1 Å². The summed E-state index contributed by atoms with van der Waals surface area (Å²) in [5.74, 6) is -0.195. The molecule has 0 saturated carbocycles. The van der Waals surface area contributed by atoms with Crippen molar-refractivity contribution >= 4 is 29.5 Å². The molecule has 2 aromatic rings.